The summed E-state index contributed by atoms with van der Waals surface area (Å²) >= 11 is 3.41. The van der Waals surface area contributed by atoms with E-state index >= 15 is 0 Å². The predicted molar refractivity (Wildman–Crippen MR) is 69.5 cm³/mol. The van der Waals surface area contributed by atoms with Gasteiger partial charge in [-0.15, -0.1) is 23.1 Å². The first-order valence-corrected chi connectivity index (χ1v) is 7.34. The van der Waals surface area contributed by atoms with Gasteiger partial charge in [0.05, 0.1) is 9.09 Å². The first-order valence-electron chi connectivity index (χ1n) is 5.54. The predicted octanol–water partition coefficient (Wildman–Crippen LogP) is 1.91. The summed E-state index contributed by atoms with van der Waals surface area (Å²) in [6, 6.07) is 4.00. The summed E-state index contributed by atoms with van der Waals surface area (Å²) in [6.07, 6.45) is 0. The fourth-order valence-electron chi connectivity index (χ4n) is 1.68. The highest BCUT2D eigenvalue weighted by Gasteiger charge is 2.19. The summed E-state index contributed by atoms with van der Waals surface area (Å²) in [6.45, 7) is 5.60. The Morgan fingerprint density at radius 2 is 2.25 bits per heavy atom. The molecule has 0 spiro atoms. The van der Waals surface area contributed by atoms with Gasteiger partial charge in [-0.05, 0) is 17.9 Å². The molecule has 1 N–H and O–H groups in total. The summed E-state index contributed by atoms with van der Waals surface area (Å²) in [5, 5.41) is 3.25. The molecule has 16 heavy (non-hydrogen) atoms. The van der Waals surface area contributed by atoms with Crippen molar-refractivity contribution < 1.29 is 4.79 Å². The second-order valence-corrected chi connectivity index (χ2v) is 6.24. The Kier molecular flexibility index (Phi) is 4.26. The Labute approximate surface area is 104 Å². The molecular weight excluding hydrogens is 240 g/mol. The molecule has 1 aliphatic rings. The zero-order valence-electron chi connectivity index (χ0n) is 9.36. The van der Waals surface area contributed by atoms with Crippen molar-refractivity contribution in [3.63, 3.8) is 0 Å². The molecule has 1 aromatic rings. The lowest BCUT2D eigenvalue weighted by Gasteiger charge is -2.26. The number of nitrogens with zero attached hydrogens (tertiary/aromatic N) is 1. The van der Waals surface area contributed by atoms with E-state index in [1.807, 2.05) is 17.0 Å². The molecule has 1 fully saturated rings. The largest absolute Gasteiger partial charge is 0.335 e. The molecule has 0 unspecified atom stereocenters. The second-order valence-electron chi connectivity index (χ2n) is 3.59. The number of carbonyl (C=O) groups excluding carboxylic acids is 1. The van der Waals surface area contributed by atoms with Crippen molar-refractivity contribution >= 4 is 29.0 Å². The van der Waals surface area contributed by atoms with Gasteiger partial charge in [0.1, 0.15) is 0 Å². The van der Waals surface area contributed by atoms with E-state index in [-0.39, 0.29) is 5.91 Å². The summed E-state index contributed by atoms with van der Waals surface area (Å²) in [4.78, 5) is 14.9. The van der Waals surface area contributed by atoms with Gasteiger partial charge in [0.25, 0.3) is 5.91 Å². The average Bonchev–Trinajstić information content (AvgIpc) is 2.78. The van der Waals surface area contributed by atoms with Crippen molar-refractivity contribution in [1.29, 1.82) is 0 Å². The van der Waals surface area contributed by atoms with Crippen LogP contribution in [0.15, 0.2) is 16.3 Å². The smallest absolute Gasteiger partial charge is 0.264 e. The second kappa shape index (κ2) is 5.70. The third kappa shape index (κ3) is 2.78. The number of amides is 1. The third-order valence-electron chi connectivity index (χ3n) is 2.48. The van der Waals surface area contributed by atoms with Crippen LogP contribution in [0.3, 0.4) is 0 Å². The summed E-state index contributed by atoms with van der Waals surface area (Å²) < 4.78 is 1.24. The Balaban J connectivity index is 2.01. The fourth-order valence-corrected chi connectivity index (χ4v) is 3.69. The molecule has 1 saturated heterocycles. The molecule has 0 aliphatic carbocycles. The van der Waals surface area contributed by atoms with E-state index in [1.165, 1.54) is 4.21 Å². The fraction of sp³-hybridized carbons (Fsp3) is 0.545. The minimum atomic E-state index is 0.189. The maximum atomic E-state index is 12.1. The summed E-state index contributed by atoms with van der Waals surface area (Å²) in [7, 11) is 0. The van der Waals surface area contributed by atoms with Gasteiger partial charge in [-0.3, -0.25) is 4.79 Å². The number of thiophene rings is 1. The van der Waals surface area contributed by atoms with Crippen LogP contribution in [-0.2, 0) is 0 Å². The third-order valence-corrected chi connectivity index (χ3v) is 4.66. The Bertz CT molecular complexity index is 359. The Morgan fingerprint density at radius 1 is 1.50 bits per heavy atom. The maximum Gasteiger partial charge on any atom is 0.264 e. The zero-order valence-corrected chi connectivity index (χ0v) is 11.0. The van der Waals surface area contributed by atoms with Gasteiger partial charge < -0.3 is 10.2 Å². The monoisotopic (exact) mass is 256 g/mol. The number of hydrogen-bond donors (Lipinski definition) is 1. The van der Waals surface area contributed by atoms with Crippen molar-refractivity contribution in [3.05, 3.63) is 17.0 Å². The Hall–Kier alpha value is -0.520. The lowest BCUT2D eigenvalue weighted by molar-refractivity contribution is 0.0740. The van der Waals surface area contributed by atoms with E-state index in [1.54, 1.807) is 23.1 Å². The van der Waals surface area contributed by atoms with E-state index in [2.05, 4.69) is 12.2 Å². The van der Waals surface area contributed by atoms with E-state index in [4.69, 9.17) is 0 Å². The van der Waals surface area contributed by atoms with Gasteiger partial charge in [-0.25, -0.2) is 0 Å². The molecule has 0 saturated carbocycles. The molecular formula is C11H16N2OS2. The molecule has 1 amide bonds. The van der Waals surface area contributed by atoms with Crippen LogP contribution in [0.1, 0.15) is 16.6 Å². The quantitative estimate of drug-likeness (QED) is 0.838. The first-order chi connectivity index (χ1) is 7.81. The molecule has 1 aromatic heterocycles. The van der Waals surface area contributed by atoms with Crippen LogP contribution in [0.5, 0.6) is 0 Å². The minimum Gasteiger partial charge on any atom is -0.335 e. The highest BCUT2D eigenvalue weighted by molar-refractivity contribution is 8.01. The van der Waals surface area contributed by atoms with Crippen molar-refractivity contribution in [2.24, 2.45) is 0 Å². The van der Waals surface area contributed by atoms with E-state index in [0.717, 1.165) is 36.8 Å². The number of piperazine rings is 1. The highest BCUT2D eigenvalue weighted by atomic mass is 32.2. The number of hydrogen-bond acceptors (Lipinski definition) is 4. The number of rotatable bonds is 3. The molecule has 0 bridgehead atoms. The highest BCUT2D eigenvalue weighted by Crippen LogP contribution is 2.27. The van der Waals surface area contributed by atoms with Gasteiger partial charge in [-0.2, -0.15) is 0 Å². The van der Waals surface area contributed by atoms with Crippen LogP contribution in [0, 0.1) is 0 Å². The van der Waals surface area contributed by atoms with Gasteiger partial charge in [0, 0.05) is 26.2 Å². The van der Waals surface area contributed by atoms with Crippen LogP contribution >= 0.6 is 23.1 Å². The normalized spacial score (nSPS) is 16.4. The van der Waals surface area contributed by atoms with Gasteiger partial charge >= 0.3 is 0 Å². The molecule has 2 rings (SSSR count). The first kappa shape index (κ1) is 12.0. The lowest BCUT2D eigenvalue weighted by atomic mass is 10.3. The summed E-state index contributed by atoms with van der Waals surface area (Å²) in [5.41, 5.74) is 0. The van der Waals surface area contributed by atoms with Crippen molar-refractivity contribution in [3.8, 4) is 0 Å². The molecule has 0 aromatic carbocycles. The zero-order chi connectivity index (χ0) is 11.4. The number of thioether (sulfide) groups is 1. The number of carbonyl (C=O) groups is 1. The molecule has 1 aliphatic heterocycles. The van der Waals surface area contributed by atoms with Crippen LogP contribution < -0.4 is 5.32 Å². The molecule has 0 atom stereocenters. The van der Waals surface area contributed by atoms with E-state index in [9.17, 15) is 4.79 Å². The van der Waals surface area contributed by atoms with Crippen molar-refractivity contribution in [1.82, 2.24) is 10.2 Å². The van der Waals surface area contributed by atoms with Crippen LogP contribution in [-0.4, -0.2) is 42.7 Å². The van der Waals surface area contributed by atoms with Crippen LogP contribution in [0.4, 0.5) is 0 Å². The van der Waals surface area contributed by atoms with Crippen molar-refractivity contribution in [2.45, 2.75) is 11.1 Å². The molecule has 2 heterocycles. The molecule has 0 radical (unpaired) electrons. The van der Waals surface area contributed by atoms with Crippen LogP contribution in [0.25, 0.3) is 0 Å². The topological polar surface area (TPSA) is 32.3 Å². The van der Waals surface area contributed by atoms with E-state index in [0.29, 0.717) is 0 Å². The standard InChI is InChI=1S/C11H16N2OS2/c1-2-15-10-4-3-9(16-10)11(14)13-7-5-12-6-8-13/h3-4,12H,2,5-8H2,1H3. The van der Waals surface area contributed by atoms with E-state index < -0.39 is 0 Å². The molecule has 3 nitrogen and oxygen atoms in total. The van der Waals surface area contributed by atoms with Gasteiger partial charge in [0.15, 0.2) is 0 Å². The molecule has 5 heteroatoms. The SMILES string of the molecule is CCSc1ccc(C(=O)N2CCNCC2)s1. The van der Waals surface area contributed by atoms with Gasteiger partial charge in [0.2, 0.25) is 0 Å². The Morgan fingerprint density at radius 3 is 2.94 bits per heavy atom. The van der Waals surface area contributed by atoms with Crippen LogP contribution in [0.2, 0.25) is 0 Å². The maximum absolute atomic E-state index is 12.1. The number of nitrogens with one attached hydrogen (secondary N) is 1. The molecule has 88 valence electrons. The summed E-state index contributed by atoms with van der Waals surface area (Å²) in [5.74, 6) is 1.25. The lowest BCUT2D eigenvalue weighted by Crippen LogP contribution is -2.46. The average molecular weight is 256 g/mol. The van der Waals surface area contributed by atoms with Gasteiger partial charge in [-0.1, -0.05) is 6.92 Å². The van der Waals surface area contributed by atoms with Crippen molar-refractivity contribution in [2.75, 3.05) is 31.9 Å². The minimum absolute atomic E-state index is 0.189.